The Morgan fingerprint density at radius 3 is 2.53 bits per heavy atom. The third kappa shape index (κ3) is 1.95. The Morgan fingerprint density at radius 2 is 1.94 bits per heavy atom. The molecule has 0 aliphatic rings. The topological polar surface area (TPSA) is 50.4 Å². The quantitative estimate of drug-likeness (QED) is 0.744. The lowest BCUT2D eigenvalue weighted by atomic mass is 10.2. The van der Waals surface area contributed by atoms with E-state index in [2.05, 4.69) is 4.42 Å². The Kier molecular flexibility index (Phi) is 2.54. The highest BCUT2D eigenvalue weighted by molar-refractivity contribution is 6.36. The average molecular weight is 265 g/mol. The lowest BCUT2D eigenvalue weighted by Gasteiger charge is -2.06. The van der Waals surface area contributed by atoms with Crippen molar-refractivity contribution in [1.82, 2.24) is 0 Å². The molecule has 0 radical (unpaired) electrons. The standard InChI is InChI=1S/C10H4ClF3O3/c11-7-6(15)2-1-4-3-5(10(12,13)14)9(16)17-8(4)7/h1-3,15H. The lowest BCUT2D eigenvalue weighted by Crippen LogP contribution is -2.17. The number of aromatic hydroxyl groups is 1. The van der Waals surface area contributed by atoms with Crippen LogP contribution in [0.3, 0.4) is 0 Å². The summed E-state index contributed by atoms with van der Waals surface area (Å²) in [5.74, 6) is -0.373. The first-order chi connectivity index (χ1) is 7.80. The van der Waals surface area contributed by atoms with E-state index >= 15 is 0 Å². The van der Waals surface area contributed by atoms with Gasteiger partial charge in [-0.25, -0.2) is 4.79 Å². The Bertz CT molecular complexity index is 646. The molecule has 0 spiro atoms. The molecule has 3 nitrogen and oxygen atoms in total. The van der Waals surface area contributed by atoms with E-state index in [4.69, 9.17) is 11.6 Å². The fourth-order valence-corrected chi connectivity index (χ4v) is 1.55. The minimum atomic E-state index is -4.79. The van der Waals surface area contributed by atoms with Crippen molar-refractivity contribution in [1.29, 1.82) is 0 Å². The number of halogens is 4. The second-order valence-corrected chi connectivity index (χ2v) is 3.64. The van der Waals surface area contributed by atoms with Crippen LogP contribution in [-0.2, 0) is 6.18 Å². The first-order valence-electron chi connectivity index (χ1n) is 4.33. The Morgan fingerprint density at radius 1 is 1.29 bits per heavy atom. The zero-order valence-electron chi connectivity index (χ0n) is 8.01. The van der Waals surface area contributed by atoms with Gasteiger partial charge in [0.05, 0.1) is 0 Å². The highest BCUT2D eigenvalue weighted by Gasteiger charge is 2.35. The third-order valence-electron chi connectivity index (χ3n) is 2.13. The van der Waals surface area contributed by atoms with E-state index in [9.17, 15) is 23.1 Å². The molecule has 2 aromatic rings. The molecule has 1 aromatic carbocycles. The van der Waals surface area contributed by atoms with Crippen LogP contribution in [0.1, 0.15) is 5.56 Å². The minimum absolute atomic E-state index is 0.0141. The van der Waals surface area contributed by atoms with Crippen molar-refractivity contribution in [2.75, 3.05) is 0 Å². The molecule has 2 rings (SSSR count). The Hall–Kier alpha value is -1.69. The van der Waals surface area contributed by atoms with E-state index in [1.165, 1.54) is 6.07 Å². The van der Waals surface area contributed by atoms with E-state index < -0.39 is 17.4 Å². The second kappa shape index (κ2) is 3.66. The summed E-state index contributed by atoms with van der Waals surface area (Å²) in [6, 6.07) is 2.92. The Labute approximate surface area is 97.0 Å². The molecule has 0 atom stereocenters. The van der Waals surface area contributed by atoms with E-state index in [1.54, 1.807) is 0 Å². The van der Waals surface area contributed by atoms with Crippen molar-refractivity contribution < 1.29 is 22.7 Å². The molecule has 0 unspecified atom stereocenters. The second-order valence-electron chi connectivity index (χ2n) is 3.26. The molecule has 0 saturated carbocycles. The van der Waals surface area contributed by atoms with Gasteiger partial charge in [0.15, 0.2) is 5.58 Å². The number of rotatable bonds is 0. The first-order valence-corrected chi connectivity index (χ1v) is 4.71. The van der Waals surface area contributed by atoms with Crippen LogP contribution in [0.25, 0.3) is 11.0 Å². The zero-order chi connectivity index (χ0) is 12.8. The van der Waals surface area contributed by atoms with Crippen LogP contribution in [0.5, 0.6) is 5.75 Å². The van der Waals surface area contributed by atoms with Gasteiger partial charge in [0.1, 0.15) is 16.3 Å². The molecule has 90 valence electrons. The molecular formula is C10H4ClF3O3. The largest absolute Gasteiger partial charge is 0.506 e. The number of benzene rings is 1. The van der Waals surface area contributed by atoms with Gasteiger partial charge in [0.25, 0.3) is 0 Å². The van der Waals surface area contributed by atoms with E-state index in [0.717, 1.165) is 6.07 Å². The number of alkyl halides is 3. The zero-order valence-corrected chi connectivity index (χ0v) is 8.76. The molecule has 7 heteroatoms. The Balaban J connectivity index is 2.85. The maximum Gasteiger partial charge on any atom is 0.423 e. The van der Waals surface area contributed by atoms with Gasteiger partial charge in [-0.2, -0.15) is 13.2 Å². The van der Waals surface area contributed by atoms with Crippen LogP contribution >= 0.6 is 11.6 Å². The van der Waals surface area contributed by atoms with Gasteiger partial charge >= 0.3 is 11.8 Å². The molecule has 0 fully saturated rings. The molecule has 0 aliphatic heterocycles. The molecular weight excluding hydrogens is 261 g/mol. The van der Waals surface area contributed by atoms with E-state index in [-0.39, 0.29) is 21.7 Å². The van der Waals surface area contributed by atoms with Crippen LogP contribution in [-0.4, -0.2) is 5.11 Å². The van der Waals surface area contributed by atoms with Crippen molar-refractivity contribution in [3.8, 4) is 5.75 Å². The van der Waals surface area contributed by atoms with Crippen LogP contribution in [0.15, 0.2) is 27.4 Å². The van der Waals surface area contributed by atoms with Crippen molar-refractivity contribution in [2.24, 2.45) is 0 Å². The normalized spacial score (nSPS) is 12.0. The summed E-state index contributed by atoms with van der Waals surface area (Å²) < 4.78 is 41.7. The monoisotopic (exact) mass is 264 g/mol. The van der Waals surface area contributed by atoms with Crippen LogP contribution < -0.4 is 5.63 Å². The van der Waals surface area contributed by atoms with Crippen LogP contribution in [0, 0.1) is 0 Å². The summed E-state index contributed by atoms with van der Waals surface area (Å²) in [4.78, 5) is 11.1. The molecule has 1 N–H and O–H groups in total. The predicted molar refractivity (Wildman–Crippen MR) is 54.2 cm³/mol. The maximum absolute atomic E-state index is 12.4. The highest BCUT2D eigenvalue weighted by atomic mass is 35.5. The number of hydrogen-bond donors (Lipinski definition) is 1. The van der Waals surface area contributed by atoms with E-state index in [0.29, 0.717) is 6.07 Å². The van der Waals surface area contributed by atoms with Crippen molar-refractivity contribution >= 4 is 22.6 Å². The highest BCUT2D eigenvalue weighted by Crippen LogP contribution is 2.34. The molecule has 0 aliphatic carbocycles. The van der Waals surface area contributed by atoms with Crippen LogP contribution in [0.4, 0.5) is 13.2 Å². The van der Waals surface area contributed by atoms with Crippen molar-refractivity contribution in [3.63, 3.8) is 0 Å². The van der Waals surface area contributed by atoms with Gasteiger partial charge in [-0.15, -0.1) is 0 Å². The number of hydrogen-bond acceptors (Lipinski definition) is 3. The summed E-state index contributed by atoms with van der Waals surface area (Å²) in [5, 5.41) is 8.91. The minimum Gasteiger partial charge on any atom is -0.506 e. The van der Waals surface area contributed by atoms with Gasteiger partial charge in [-0.05, 0) is 18.2 Å². The van der Waals surface area contributed by atoms with Gasteiger partial charge in [0.2, 0.25) is 0 Å². The molecule has 1 heterocycles. The summed E-state index contributed by atoms with van der Waals surface area (Å²) >= 11 is 5.60. The van der Waals surface area contributed by atoms with E-state index in [1.807, 2.05) is 0 Å². The predicted octanol–water partition coefficient (Wildman–Crippen LogP) is 3.17. The van der Waals surface area contributed by atoms with Gasteiger partial charge < -0.3 is 9.52 Å². The van der Waals surface area contributed by atoms with Crippen molar-refractivity contribution in [2.45, 2.75) is 6.18 Å². The number of fused-ring (bicyclic) bond motifs is 1. The van der Waals surface area contributed by atoms with Crippen molar-refractivity contribution in [3.05, 3.63) is 39.2 Å². The summed E-state index contributed by atoms with van der Waals surface area (Å²) in [7, 11) is 0. The molecule has 1 aromatic heterocycles. The van der Waals surface area contributed by atoms with Gasteiger partial charge in [-0.1, -0.05) is 11.6 Å². The molecule has 17 heavy (non-hydrogen) atoms. The first kappa shape index (κ1) is 11.8. The summed E-state index contributed by atoms with van der Waals surface area (Å²) in [5.41, 5.74) is -3.23. The molecule has 0 amide bonds. The maximum atomic E-state index is 12.4. The lowest BCUT2D eigenvalue weighted by molar-refractivity contribution is -0.139. The fourth-order valence-electron chi connectivity index (χ4n) is 1.34. The van der Waals surface area contributed by atoms with Crippen LogP contribution in [0.2, 0.25) is 5.02 Å². The van der Waals surface area contributed by atoms with Gasteiger partial charge in [0, 0.05) is 5.39 Å². The van der Waals surface area contributed by atoms with Gasteiger partial charge in [-0.3, -0.25) is 0 Å². The SMILES string of the molecule is O=c1oc2c(Cl)c(O)ccc2cc1C(F)(F)F. The molecule has 0 bridgehead atoms. The third-order valence-corrected chi connectivity index (χ3v) is 2.49. The number of phenolic OH excluding ortho intramolecular Hbond substituents is 1. The molecule has 0 saturated heterocycles. The average Bonchev–Trinajstić information content (AvgIpc) is 2.22. The smallest absolute Gasteiger partial charge is 0.423 e. The fraction of sp³-hybridized carbons (Fsp3) is 0.100. The number of phenols is 1. The summed E-state index contributed by atoms with van der Waals surface area (Å²) in [6.07, 6.45) is -4.79. The summed E-state index contributed by atoms with van der Waals surface area (Å²) in [6.45, 7) is 0.